The van der Waals surface area contributed by atoms with Crippen molar-refractivity contribution in [2.24, 2.45) is 5.92 Å². The predicted octanol–water partition coefficient (Wildman–Crippen LogP) is 3.39. The Morgan fingerprint density at radius 3 is 1.90 bits per heavy atom. The first-order valence-corrected chi connectivity index (χ1v) is 5.02. The molecule has 0 fully saturated rings. The fourth-order valence-corrected chi connectivity index (χ4v) is 1.24. The van der Waals surface area contributed by atoms with Gasteiger partial charge in [0.1, 0.15) is 0 Å². The molecule has 10 heavy (non-hydrogen) atoms. The van der Waals surface area contributed by atoms with Crippen molar-refractivity contribution in [3.8, 4) is 0 Å². The molecule has 0 aromatic carbocycles. The Balaban J connectivity index is 2.91. The first-order chi connectivity index (χ1) is 4.63. The van der Waals surface area contributed by atoms with Gasteiger partial charge >= 0.3 is 0 Å². The van der Waals surface area contributed by atoms with Crippen molar-refractivity contribution in [2.45, 2.75) is 44.1 Å². The molecule has 0 saturated carbocycles. The van der Waals surface area contributed by atoms with Gasteiger partial charge < -0.3 is 0 Å². The van der Waals surface area contributed by atoms with E-state index in [9.17, 15) is 0 Å². The Bertz CT molecular complexity index is 59.7. The molecule has 0 nitrogen and oxygen atoms in total. The molecule has 0 aromatic heterocycles. The summed E-state index contributed by atoms with van der Waals surface area (Å²) < 4.78 is 0.284. The van der Waals surface area contributed by atoms with E-state index in [2.05, 4.69) is 39.1 Å². The third-order valence-electron chi connectivity index (χ3n) is 1.49. The standard InChI is InChI=1S/C8H18S2/c1-7(2)5-3-4-6-8(9)10/h7-10H,3-6H2,1-2H3. The molecular formula is C8H18S2. The van der Waals surface area contributed by atoms with Crippen LogP contribution in [-0.4, -0.2) is 4.58 Å². The maximum Gasteiger partial charge on any atom is 0.0442 e. The lowest BCUT2D eigenvalue weighted by molar-refractivity contribution is 0.534. The Hall–Kier alpha value is 0.700. The molecule has 2 heteroatoms. The van der Waals surface area contributed by atoms with Crippen LogP contribution < -0.4 is 0 Å². The summed E-state index contributed by atoms with van der Waals surface area (Å²) in [6, 6.07) is 0. The summed E-state index contributed by atoms with van der Waals surface area (Å²) in [5.41, 5.74) is 0. The van der Waals surface area contributed by atoms with Gasteiger partial charge in [-0.2, -0.15) is 25.3 Å². The average molecular weight is 178 g/mol. The van der Waals surface area contributed by atoms with E-state index in [-0.39, 0.29) is 4.58 Å². The fourth-order valence-electron chi connectivity index (χ4n) is 0.879. The molecule has 0 rings (SSSR count). The highest BCUT2D eigenvalue weighted by Crippen LogP contribution is 2.13. The fraction of sp³-hybridized carbons (Fsp3) is 1.00. The zero-order valence-corrected chi connectivity index (χ0v) is 8.67. The van der Waals surface area contributed by atoms with Crippen LogP contribution in [0.5, 0.6) is 0 Å². The second-order valence-corrected chi connectivity index (χ2v) is 4.81. The normalized spacial score (nSPS) is 11.4. The Morgan fingerprint density at radius 1 is 1.00 bits per heavy atom. The predicted molar refractivity (Wildman–Crippen MR) is 55.1 cm³/mol. The molecule has 0 spiro atoms. The van der Waals surface area contributed by atoms with Crippen LogP contribution in [-0.2, 0) is 0 Å². The SMILES string of the molecule is CC(C)CCCCC(S)S. The van der Waals surface area contributed by atoms with Crippen molar-refractivity contribution >= 4 is 25.3 Å². The molecule has 62 valence electrons. The molecule has 0 aliphatic carbocycles. The van der Waals surface area contributed by atoms with Gasteiger partial charge in [0.15, 0.2) is 0 Å². The first kappa shape index (κ1) is 10.7. The van der Waals surface area contributed by atoms with Crippen molar-refractivity contribution in [3.63, 3.8) is 0 Å². The second kappa shape index (κ2) is 6.41. The summed E-state index contributed by atoms with van der Waals surface area (Å²) in [6.45, 7) is 4.53. The van der Waals surface area contributed by atoms with Gasteiger partial charge in [0.2, 0.25) is 0 Å². The third-order valence-corrected chi connectivity index (χ3v) is 2.01. The van der Waals surface area contributed by atoms with Crippen LogP contribution in [0.1, 0.15) is 39.5 Å². The zero-order chi connectivity index (χ0) is 7.98. The first-order valence-electron chi connectivity index (χ1n) is 3.99. The third kappa shape index (κ3) is 8.70. The van der Waals surface area contributed by atoms with Gasteiger partial charge in [-0.25, -0.2) is 0 Å². The van der Waals surface area contributed by atoms with E-state index in [4.69, 9.17) is 0 Å². The van der Waals surface area contributed by atoms with Gasteiger partial charge in [-0.1, -0.05) is 33.1 Å². The maximum absolute atomic E-state index is 4.19. The topological polar surface area (TPSA) is 0 Å². The highest BCUT2D eigenvalue weighted by atomic mass is 32.2. The van der Waals surface area contributed by atoms with Crippen LogP contribution in [0.15, 0.2) is 0 Å². The summed E-state index contributed by atoms with van der Waals surface area (Å²) in [4.78, 5) is 0. The smallest absolute Gasteiger partial charge is 0.0442 e. The van der Waals surface area contributed by atoms with Gasteiger partial charge in [0.25, 0.3) is 0 Å². The van der Waals surface area contributed by atoms with Gasteiger partial charge in [0.05, 0.1) is 0 Å². The maximum atomic E-state index is 4.19. The minimum Gasteiger partial charge on any atom is -0.165 e. The molecule has 0 bridgehead atoms. The van der Waals surface area contributed by atoms with E-state index in [1.807, 2.05) is 0 Å². The molecule has 0 amide bonds. The van der Waals surface area contributed by atoms with Crippen LogP contribution in [0.2, 0.25) is 0 Å². The molecule has 0 unspecified atom stereocenters. The van der Waals surface area contributed by atoms with Crippen molar-refractivity contribution in [2.75, 3.05) is 0 Å². The molecule has 0 aliphatic heterocycles. The van der Waals surface area contributed by atoms with Crippen LogP contribution >= 0.6 is 25.3 Å². The average Bonchev–Trinajstić information content (AvgIpc) is 1.79. The molecule has 0 atom stereocenters. The molecule has 0 aliphatic rings. The number of hydrogen-bond donors (Lipinski definition) is 2. The zero-order valence-electron chi connectivity index (χ0n) is 6.88. The highest BCUT2D eigenvalue weighted by Gasteiger charge is 1.96. The summed E-state index contributed by atoms with van der Waals surface area (Å²) in [5, 5.41) is 0. The molecule has 0 aromatic rings. The van der Waals surface area contributed by atoms with Crippen LogP contribution in [0.3, 0.4) is 0 Å². The molecule has 0 heterocycles. The Kier molecular flexibility index (Phi) is 6.86. The Labute approximate surface area is 75.6 Å². The van der Waals surface area contributed by atoms with E-state index in [0.29, 0.717) is 0 Å². The lowest BCUT2D eigenvalue weighted by atomic mass is 10.1. The monoisotopic (exact) mass is 178 g/mol. The van der Waals surface area contributed by atoms with Crippen molar-refractivity contribution < 1.29 is 0 Å². The second-order valence-electron chi connectivity index (χ2n) is 3.16. The summed E-state index contributed by atoms with van der Waals surface area (Å²) in [7, 11) is 0. The summed E-state index contributed by atoms with van der Waals surface area (Å²) in [6.07, 6.45) is 5.08. The largest absolute Gasteiger partial charge is 0.165 e. The Morgan fingerprint density at radius 2 is 1.50 bits per heavy atom. The minimum atomic E-state index is 0.284. The quantitative estimate of drug-likeness (QED) is 0.360. The number of thiol groups is 2. The van der Waals surface area contributed by atoms with Gasteiger partial charge in [-0.05, 0) is 12.3 Å². The molecule has 0 N–H and O–H groups in total. The highest BCUT2D eigenvalue weighted by molar-refractivity contribution is 7.99. The summed E-state index contributed by atoms with van der Waals surface area (Å²) in [5.74, 6) is 0.846. The lowest BCUT2D eigenvalue weighted by Gasteiger charge is -2.04. The minimum absolute atomic E-state index is 0.284. The van der Waals surface area contributed by atoms with E-state index in [0.717, 1.165) is 12.3 Å². The number of hydrogen-bond acceptors (Lipinski definition) is 2. The molecule has 0 saturated heterocycles. The van der Waals surface area contributed by atoms with E-state index in [1.165, 1.54) is 19.3 Å². The van der Waals surface area contributed by atoms with Crippen LogP contribution in [0.4, 0.5) is 0 Å². The lowest BCUT2D eigenvalue weighted by Crippen LogP contribution is -1.90. The van der Waals surface area contributed by atoms with Crippen LogP contribution in [0.25, 0.3) is 0 Å². The van der Waals surface area contributed by atoms with Crippen molar-refractivity contribution in [1.29, 1.82) is 0 Å². The molecule has 0 radical (unpaired) electrons. The van der Waals surface area contributed by atoms with Gasteiger partial charge in [-0.15, -0.1) is 0 Å². The number of rotatable bonds is 5. The van der Waals surface area contributed by atoms with Crippen molar-refractivity contribution in [1.82, 2.24) is 0 Å². The van der Waals surface area contributed by atoms with Gasteiger partial charge in [-0.3, -0.25) is 0 Å². The molecular weight excluding hydrogens is 160 g/mol. The van der Waals surface area contributed by atoms with E-state index >= 15 is 0 Å². The van der Waals surface area contributed by atoms with E-state index in [1.54, 1.807) is 0 Å². The number of unbranched alkanes of at least 4 members (excludes halogenated alkanes) is 1. The van der Waals surface area contributed by atoms with E-state index < -0.39 is 0 Å². The summed E-state index contributed by atoms with van der Waals surface area (Å²) >= 11 is 8.37. The van der Waals surface area contributed by atoms with Gasteiger partial charge in [0, 0.05) is 4.58 Å². The van der Waals surface area contributed by atoms with Crippen molar-refractivity contribution in [3.05, 3.63) is 0 Å². The van der Waals surface area contributed by atoms with Crippen LogP contribution in [0, 0.1) is 5.92 Å².